The van der Waals surface area contributed by atoms with Crippen molar-refractivity contribution in [3.8, 4) is 0 Å². The van der Waals surface area contributed by atoms with E-state index in [4.69, 9.17) is 4.42 Å². The van der Waals surface area contributed by atoms with Gasteiger partial charge < -0.3 is 14.4 Å². The van der Waals surface area contributed by atoms with Gasteiger partial charge in [0.15, 0.2) is 12.0 Å². The predicted octanol–water partition coefficient (Wildman–Crippen LogP) is 1.85. The van der Waals surface area contributed by atoms with Gasteiger partial charge >= 0.3 is 5.69 Å². The van der Waals surface area contributed by atoms with E-state index in [2.05, 4.69) is 9.97 Å². The highest BCUT2D eigenvalue weighted by Gasteiger charge is 2.04. The Labute approximate surface area is 101 Å². The number of furan rings is 1. The van der Waals surface area contributed by atoms with Crippen molar-refractivity contribution in [1.82, 2.24) is 9.97 Å². The average Bonchev–Trinajstić information content (AvgIpc) is 2.94. The normalized spacial score (nSPS) is 10.9. The molecule has 90 valence electrons. The Morgan fingerprint density at radius 1 is 1.11 bits per heavy atom. The molecule has 0 amide bonds. The number of aromatic amines is 2. The second-order valence-electron chi connectivity index (χ2n) is 4.06. The maximum atomic E-state index is 11.1. The fourth-order valence-electron chi connectivity index (χ4n) is 1.94. The quantitative estimate of drug-likeness (QED) is 0.688. The lowest BCUT2D eigenvalue weighted by Crippen LogP contribution is -1.99. The van der Waals surface area contributed by atoms with E-state index in [1.807, 2.05) is 18.2 Å². The second-order valence-corrected chi connectivity index (χ2v) is 4.06. The van der Waals surface area contributed by atoms with E-state index in [1.165, 1.54) is 0 Å². The van der Waals surface area contributed by atoms with Crippen LogP contribution in [-0.2, 0) is 6.42 Å². The van der Waals surface area contributed by atoms with E-state index in [1.54, 1.807) is 12.1 Å². The Morgan fingerprint density at radius 2 is 1.94 bits per heavy atom. The highest BCUT2D eigenvalue weighted by molar-refractivity contribution is 5.75. The Bertz CT molecular complexity index is 764. The van der Waals surface area contributed by atoms with Crippen molar-refractivity contribution in [3.63, 3.8) is 0 Å². The minimum Gasteiger partial charge on any atom is -0.458 e. The Morgan fingerprint density at radius 3 is 2.72 bits per heavy atom. The monoisotopic (exact) mass is 242 g/mol. The first-order valence-corrected chi connectivity index (χ1v) is 5.49. The van der Waals surface area contributed by atoms with E-state index in [0.717, 1.165) is 16.6 Å². The largest absolute Gasteiger partial charge is 0.458 e. The molecule has 0 spiro atoms. The van der Waals surface area contributed by atoms with Crippen molar-refractivity contribution in [2.24, 2.45) is 0 Å². The molecular weight excluding hydrogens is 232 g/mol. The van der Waals surface area contributed by atoms with Crippen LogP contribution >= 0.6 is 0 Å². The number of benzene rings is 1. The van der Waals surface area contributed by atoms with Crippen LogP contribution in [-0.4, -0.2) is 16.3 Å². The summed E-state index contributed by atoms with van der Waals surface area (Å²) in [5.41, 5.74) is 2.32. The summed E-state index contributed by atoms with van der Waals surface area (Å²) < 4.78 is 5.31. The van der Waals surface area contributed by atoms with Crippen LogP contribution < -0.4 is 5.69 Å². The molecule has 0 saturated carbocycles. The minimum absolute atomic E-state index is 0.219. The van der Waals surface area contributed by atoms with E-state index in [0.29, 0.717) is 24.2 Å². The molecule has 0 unspecified atom stereocenters. The lowest BCUT2D eigenvalue weighted by Gasteiger charge is -1.98. The van der Waals surface area contributed by atoms with Gasteiger partial charge in [-0.2, -0.15) is 0 Å². The number of carbonyl (C=O) groups excluding carboxylic acids is 1. The average molecular weight is 242 g/mol. The number of nitrogens with one attached hydrogen (secondary N) is 2. The molecule has 5 nitrogen and oxygen atoms in total. The minimum atomic E-state index is -0.219. The van der Waals surface area contributed by atoms with Crippen LogP contribution in [0, 0.1) is 0 Å². The third-order valence-electron chi connectivity index (χ3n) is 2.76. The summed E-state index contributed by atoms with van der Waals surface area (Å²) in [6, 6.07) is 9.05. The van der Waals surface area contributed by atoms with Crippen molar-refractivity contribution >= 4 is 17.3 Å². The summed E-state index contributed by atoms with van der Waals surface area (Å²) in [7, 11) is 0. The first kappa shape index (κ1) is 10.6. The number of aldehydes is 1. The summed E-state index contributed by atoms with van der Waals surface area (Å²) in [4.78, 5) is 27.0. The van der Waals surface area contributed by atoms with Crippen molar-refractivity contribution in [1.29, 1.82) is 0 Å². The standard InChI is InChI=1S/C13H10N2O3/c16-7-10-3-2-9(18-10)5-8-1-4-11-12(6-8)15-13(17)14-11/h1-4,6-7H,5H2,(H2,14,15,17). The molecular formula is C13H10N2O3. The van der Waals surface area contributed by atoms with Crippen LogP contribution in [0.4, 0.5) is 0 Å². The van der Waals surface area contributed by atoms with E-state index < -0.39 is 0 Å². The molecule has 0 bridgehead atoms. The Balaban J connectivity index is 1.94. The van der Waals surface area contributed by atoms with E-state index in [9.17, 15) is 9.59 Å². The van der Waals surface area contributed by atoms with Crippen LogP contribution in [0.1, 0.15) is 21.9 Å². The summed E-state index contributed by atoms with van der Waals surface area (Å²) in [5, 5.41) is 0. The Hall–Kier alpha value is -2.56. The molecule has 0 aliphatic rings. The fraction of sp³-hybridized carbons (Fsp3) is 0.0769. The van der Waals surface area contributed by atoms with Crippen LogP contribution in [0.5, 0.6) is 0 Å². The van der Waals surface area contributed by atoms with Gasteiger partial charge in [0.05, 0.1) is 11.0 Å². The van der Waals surface area contributed by atoms with E-state index >= 15 is 0 Å². The van der Waals surface area contributed by atoms with Gasteiger partial charge in [0.25, 0.3) is 0 Å². The molecule has 0 atom stereocenters. The maximum absolute atomic E-state index is 11.1. The van der Waals surface area contributed by atoms with Gasteiger partial charge in [-0.25, -0.2) is 4.79 Å². The van der Waals surface area contributed by atoms with Gasteiger partial charge in [-0.1, -0.05) is 6.07 Å². The summed E-state index contributed by atoms with van der Waals surface area (Å²) >= 11 is 0. The van der Waals surface area contributed by atoms with Crippen molar-refractivity contribution < 1.29 is 9.21 Å². The van der Waals surface area contributed by atoms with Crippen LogP contribution in [0.15, 0.2) is 39.5 Å². The lowest BCUT2D eigenvalue weighted by atomic mass is 10.1. The van der Waals surface area contributed by atoms with Gasteiger partial charge in [0.2, 0.25) is 0 Å². The first-order chi connectivity index (χ1) is 8.74. The van der Waals surface area contributed by atoms with Gasteiger partial charge in [0.1, 0.15) is 5.76 Å². The number of hydrogen-bond donors (Lipinski definition) is 2. The number of aromatic nitrogens is 2. The summed E-state index contributed by atoms with van der Waals surface area (Å²) in [6.45, 7) is 0. The highest BCUT2D eigenvalue weighted by Crippen LogP contribution is 2.15. The second kappa shape index (κ2) is 4.03. The molecule has 2 aromatic heterocycles. The zero-order valence-corrected chi connectivity index (χ0v) is 9.40. The molecule has 1 aromatic carbocycles. The molecule has 0 saturated heterocycles. The molecule has 0 fully saturated rings. The van der Waals surface area contributed by atoms with Gasteiger partial charge in [-0.05, 0) is 29.8 Å². The van der Waals surface area contributed by atoms with Crippen molar-refractivity contribution in [3.05, 3.63) is 57.9 Å². The number of H-pyrrole nitrogens is 2. The zero-order valence-electron chi connectivity index (χ0n) is 9.40. The molecule has 2 N–H and O–H groups in total. The Kier molecular flexibility index (Phi) is 2.37. The molecule has 3 rings (SSSR count). The maximum Gasteiger partial charge on any atom is 0.323 e. The fourth-order valence-corrected chi connectivity index (χ4v) is 1.94. The van der Waals surface area contributed by atoms with Gasteiger partial charge in [-0.15, -0.1) is 0 Å². The summed E-state index contributed by atoms with van der Waals surface area (Å²) in [5.74, 6) is 1.04. The predicted molar refractivity (Wildman–Crippen MR) is 65.8 cm³/mol. The van der Waals surface area contributed by atoms with E-state index in [-0.39, 0.29) is 5.69 Å². The van der Waals surface area contributed by atoms with Crippen molar-refractivity contribution in [2.45, 2.75) is 6.42 Å². The molecule has 3 aromatic rings. The van der Waals surface area contributed by atoms with Gasteiger partial charge in [0, 0.05) is 6.42 Å². The summed E-state index contributed by atoms with van der Waals surface area (Å²) in [6.07, 6.45) is 1.26. The van der Waals surface area contributed by atoms with Crippen molar-refractivity contribution in [2.75, 3.05) is 0 Å². The molecule has 0 aliphatic carbocycles. The van der Waals surface area contributed by atoms with Crippen LogP contribution in [0.3, 0.4) is 0 Å². The number of fused-ring (bicyclic) bond motifs is 1. The first-order valence-electron chi connectivity index (χ1n) is 5.49. The molecule has 0 aliphatic heterocycles. The highest BCUT2D eigenvalue weighted by atomic mass is 16.3. The van der Waals surface area contributed by atoms with Crippen LogP contribution in [0.2, 0.25) is 0 Å². The SMILES string of the molecule is O=Cc1ccc(Cc2ccc3[nH]c(=O)[nH]c3c2)o1. The molecule has 0 radical (unpaired) electrons. The smallest absolute Gasteiger partial charge is 0.323 e. The third kappa shape index (κ3) is 1.86. The number of imidazole rings is 1. The number of hydrogen-bond acceptors (Lipinski definition) is 3. The lowest BCUT2D eigenvalue weighted by molar-refractivity contribution is 0.109. The molecule has 2 heterocycles. The van der Waals surface area contributed by atoms with Gasteiger partial charge in [-0.3, -0.25) is 4.79 Å². The zero-order chi connectivity index (χ0) is 12.5. The van der Waals surface area contributed by atoms with Crippen LogP contribution in [0.25, 0.3) is 11.0 Å². The topological polar surface area (TPSA) is 78.9 Å². The molecule has 5 heteroatoms. The molecule has 18 heavy (non-hydrogen) atoms. The number of carbonyl (C=O) groups is 1. The third-order valence-corrected chi connectivity index (χ3v) is 2.76. The number of rotatable bonds is 3.